The maximum atomic E-state index is 13.8. The quantitative estimate of drug-likeness (QED) is 0.264. The molecule has 1 N–H and O–H groups in total. The van der Waals surface area contributed by atoms with E-state index in [0.29, 0.717) is 31.5 Å². The molecule has 6 unspecified atom stereocenters. The lowest BCUT2D eigenvalue weighted by Crippen LogP contribution is -2.53. The normalized spacial score (nSPS) is 18.6. The van der Waals surface area contributed by atoms with Crippen LogP contribution in [0.4, 0.5) is 0 Å². The first-order valence-corrected chi connectivity index (χ1v) is 15.8. The molecule has 9 nitrogen and oxygen atoms in total. The lowest BCUT2D eigenvalue weighted by molar-refractivity contribution is -0.146. The Bertz CT molecular complexity index is 1060. The van der Waals surface area contributed by atoms with Gasteiger partial charge >= 0.3 is 0 Å². The van der Waals surface area contributed by atoms with E-state index in [4.69, 9.17) is 9.47 Å². The second-order valence-corrected chi connectivity index (χ2v) is 12.5. The summed E-state index contributed by atoms with van der Waals surface area (Å²) in [4.78, 5) is 55.1. The summed E-state index contributed by atoms with van der Waals surface area (Å²) in [7, 11) is 5.02. The van der Waals surface area contributed by atoms with Crippen molar-refractivity contribution >= 4 is 23.5 Å². The molecule has 1 aliphatic rings. The molecule has 242 valence electrons. The van der Waals surface area contributed by atoms with Crippen LogP contribution in [0, 0.1) is 17.8 Å². The Hall–Kier alpha value is -2.78. The first kappa shape index (κ1) is 36.4. The van der Waals surface area contributed by atoms with Crippen molar-refractivity contribution in [3.8, 4) is 0 Å². The molecule has 43 heavy (non-hydrogen) atoms. The lowest BCUT2D eigenvalue weighted by atomic mass is 9.90. The van der Waals surface area contributed by atoms with Gasteiger partial charge in [-0.15, -0.1) is 0 Å². The molecule has 1 aliphatic heterocycles. The molecule has 0 bridgehead atoms. The van der Waals surface area contributed by atoms with E-state index < -0.39 is 18.1 Å². The Morgan fingerprint density at radius 2 is 1.67 bits per heavy atom. The topological polar surface area (TPSA) is 105 Å². The first-order valence-electron chi connectivity index (χ1n) is 15.8. The number of amides is 3. The van der Waals surface area contributed by atoms with Crippen LogP contribution in [-0.2, 0) is 30.3 Å². The highest BCUT2D eigenvalue weighted by molar-refractivity contribution is 5.94. The van der Waals surface area contributed by atoms with Gasteiger partial charge in [0.25, 0.3) is 0 Å². The maximum absolute atomic E-state index is 13.8. The van der Waals surface area contributed by atoms with E-state index >= 15 is 0 Å². The second-order valence-electron chi connectivity index (χ2n) is 12.5. The predicted molar refractivity (Wildman–Crippen MR) is 169 cm³/mol. The summed E-state index contributed by atoms with van der Waals surface area (Å²) in [6.45, 7) is 12.7. The largest absolute Gasteiger partial charge is 0.379 e. The van der Waals surface area contributed by atoms with Gasteiger partial charge in [0.15, 0.2) is 5.78 Å². The molecule has 1 heterocycles. The zero-order valence-corrected chi connectivity index (χ0v) is 27.9. The SMILES string of the molecule is CCC(C)C(C(CC(=O)N1CCCC1C(OC)C(C)C(=O)NCCc1ccc(C(C)=O)cc1)OC)N(C)C(=O)CC(C)C. The van der Waals surface area contributed by atoms with Crippen molar-refractivity contribution < 1.29 is 28.7 Å². The lowest BCUT2D eigenvalue weighted by Gasteiger charge is -2.39. The fourth-order valence-electron chi connectivity index (χ4n) is 6.22. The van der Waals surface area contributed by atoms with Crippen LogP contribution < -0.4 is 5.32 Å². The van der Waals surface area contributed by atoms with Crippen molar-refractivity contribution in [3.05, 3.63) is 35.4 Å². The number of rotatable bonds is 17. The number of likely N-dealkylation sites (N-methyl/N-ethyl adjacent to an activating group) is 1. The van der Waals surface area contributed by atoms with Gasteiger partial charge in [-0.25, -0.2) is 0 Å². The van der Waals surface area contributed by atoms with Crippen LogP contribution in [0.2, 0.25) is 0 Å². The Balaban J connectivity index is 2.07. The molecule has 2 rings (SSSR count). The minimum atomic E-state index is -0.464. The fourth-order valence-corrected chi connectivity index (χ4v) is 6.22. The van der Waals surface area contributed by atoms with Gasteiger partial charge in [0.2, 0.25) is 17.7 Å². The molecule has 1 aromatic rings. The van der Waals surface area contributed by atoms with E-state index in [1.807, 2.05) is 44.9 Å². The number of carbonyl (C=O) groups excluding carboxylic acids is 4. The van der Waals surface area contributed by atoms with Gasteiger partial charge in [0, 0.05) is 46.3 Å². The Kier molecular flexibility index (Phi) is 14.8. The summed E-state index contributed by atoms with van der Waals surface area (Å²) < 4.78 is 11.8. The molecule has 1 fully saturated rings. The van der Waals surface area contributed by atoms with Crippen molar-refractivity contribution in [1.82, 2.24) is 15.1 Å². The van der Waals surface area contributed by atoms with Crippen molar-refractivity contribution in [2.75, 3.05) is 34.4 Å². The summed E-state index contributed by atoms with van der Waals surface area (Å²) in [5, 5.41) is 3.02. The summed E-state index contributed by atoms with van der Waals surface area (Å²) in [6.07, 6.45) is 2.78. The summed E-state index contributed by atoms with van der Waals surface area (Å²) in [6, 6.07) is 6.96. The monoisotopic (exact) mass is 601 g/mol. The van der Waals surface area contributed by atoms with Crippen LogP contribution >= 0.6 is 0 Å². The molecular weight excluding hydrogens is 546 g/mol. The van der Waals surface area contributed by atoms with Gasteiger partial charge in [-0.1, -0.05) is 65.3 Å². The molecule has 0 aromatic heterocycles. The minimum absolute atomic E-state index is 0.0240. The van der Waals surface area contributed by atoms with Crippen molar-refractivity contribution in [2.45, 2.75) is 104 Å². The number of benzene rings is 1. The third-order valence-corrected chi connectivity index (χ3v) is 8.96. The second kappa shape index (κ2) is 17.5. The van der Waals surface area contributed by atoms with E-state index in [9.17, 15) is 19.2 Å². The van der Waals surface area contributed by atoms with Crippen LogP contribution in [0.5, 0.6) is 0 Å². The molecule has 0 saturated carbocycles. The molecular formula is C34H55N3O6. The molecule has 0 spiro atoms. The zero-order valence-electron chi connectivity index (χ0n) is 27.9. The number of ketones is 1. The highest BCUT2D eigenvalue weighted by Gasteiger charge is 2.41. The average molecular weight is 602 g/mol. The number of nitrogens with one attached hydrogen (secondary N) is 1. The highest BCUT2D eigenvalue weighted by Crippen LogP contribution is 2.29. The first-order chi connectivity index (χ1) is 20.4. The van der Waals surface area contributed by atoms with E-state index in [1.54, 1.807) is 31.3 Å². The van der Waals surface area contributed by atoms with Crippen LogP contribution in [0.1, 0.15) is 89.6 Å². The third kappa shape index (κ3) is 10.1. The van der Waals surface area contributed by atoms with Gasteiger partial charge in [0.1, 0.15) is 0 Å². The number of hydrogen-bond donors (Lipinski definition) is 1. The zero-order chi connectivity index (χ0) is 32.3. The summed E-state index contributed by atoms with van der Waals surface area (Å²) in [5.41, 5.74) is 1.70. The molecule has 9 heteroatoms. The van der Waals surface area contributed by atoms with Crippen molar-refractivity contribution in [1.29, 1.82) is 0 Å². The van der Waals surface area contributed by atoms with Crippen molar-refractivity contribution in [2.24, 2.45) is 17.8 Å². The van der Waals surface area contributed by atoms with Gasteiger partial charge in [-0.2, -0.15) is 0 Å². The van der Waals surface area contributed by atoms with Gasteiger partial charge < -0.3 is 24.6 Å². The van der Waals surface area contributed by atoms with Gasteiger partial charge in [0.05, 0.1) is 36.6 Å². The van der Waals surface area contributed by atoms with Gasteiger partial charge in [-0.3, -0.25) is 19.2 Å². The van der Waals surface area contributed by atoms with Gasteiger partial charge in [-0.05, 0) is 43.6 Å². The summed E-state index contributed by atoms with van der Waals surface area (Å²) >= 11 is 0. The minimum Gasteiger partial charge on any atom is -0.379 e. The number of hydrogen-bond acceptors (Lipinski definition) is 6. The smallest absolute Gasteiger partial charge is 0.225 e. The predicted octanol–water partition coefficient (Wildman–Crippen LogP) is 4.51. The Morgan fingerprint density at radius 1 is 1.02 bits per heavy atom. The van der Waals surface area contributed by atoms with Crippen LogP contribution in [-0.4, -0.2) is 92.0 Å². The van der Waals surface area contributed by atoms with Crippen LogP contribution in [0.3, 0.4) is 0 Å². The third-order valence-electron chi connectivity index (χ3n) is 8.96. The molecule has 1 saturated heterocycles. The van der Waals surface area contributed by atoms with E-state index in [2.05, 4.69) is 19.2 Å². The summed E-state index contributed by atoms with van der Waals surface area (Å²) in [5.74, 6) is -0.161. The Labute approximate surface area is 259 Å². The van der Waals surface area contributed by atoms with E-state index in [-0.39, 0.29) is 53.8 Å². The van der Waals surface area contributed by atoms with Crippen LogP contribution in [0.25, 0.3) is 0 Å². The number of Topliss-reactive ketones (excluding diaryl/α,β-unsaturated/α-hetero) is 1. The number of nitrogens with zero attached hydrogens (tertiary/aromatic N) is 2. The van der Waals surface area contributed by atoms with Crippen LogP contribution in [0.15, 0.2) is 24.3 Å². The average Bonchev–Trinajstić information content (AvgIpc) is 3.46. The molecule has 3 amide bonds. The molecule has 6 atom stereocenters. The molecule has 0 aliphatic carbocycles. The molecule has 0 radical (unpaired) electrons. The standard InChI is InChI=1S/C34H55N3O6/c1-10-23(4)32(36(7)30(39)20-22(2)3)29(42-8)21-31(40)37-19-11-12-28(37)33(43-9)24(5)34(41)35-18-17-26-13-15-27(16-14-26)25(6)38/h13-16,22-24,28-29,32-33H,10-12,17-21H2,1-9H3,(H,35,41). The number of carbonyl (C=O) groups is 4. The molecule has 1 aromatic carbocycles. The maximum Gasteiger partial charge on any atom is 0.225 e. The Morgan fingerprint density at radius 3 is 2.21 bits per heavy atom. The van der Waals surface area contributed by atoms with Crippen molar-refractivity contribution in [3.63, 3.8) is 0 Å². The fraction of sp³-hybridized carbons (Fsp3) is 0.706. The number of likely N-dealkylation sites (tertiary alicyclic amines) is 1. The van der Waals surface area contributed by atoms with E-state index in [1.165, 1.54) is 6.92 Å². The van der Waals surface area contributed by atoms with E-state index in [0.717, 1.165) is 24.8 Å². The highest BCUT2D eigenvalue weighted by atomic mass is 16.5. The number of methoxy groups -OCH3 is 2. The number of ether oxygens (including phenoxy) is 2.